The average Bonchev–Trinajstić information content (AvgIpc) is 3.40. The van der Waals surface area contributed by atoms with Crippen molar-refractivity contribution in [2.24, 2.45) is 13.0 Å². The highest BCUT2D eigenvalue weighted by Crippen LogP contribution is 2.28. The molecule has 3 heterocycles. The van der Waals surface area contributed by atoms with Crippen LogP contribution in [0.1, 0.15) is 29.7 Å². The van der Waals surface area contributed by atoms with Gasteiger partial charge in [0.15, 0.2) is 0 Å². The van der Waals surface area contributed by atoms with Gasteiger partial charge < -0.3 is 0 Å². The first-order valence-corrected chi connectivity index (χ1v) is 11.2. The van der Waals surface area contributed by atoms with Crippen LogP contribution in [0, 0.1) is 19.8 Å². The third-order valence-corrected chi connectivity index (χ3v) is 6.14. The zero-order valence-corrected chi connectivity index (χ0v) is 17.9. The fourth-order valence-electron chi connectivity index (χ4n) is 3.44. The Balaban J connectivity index is 1.61. The molecule has 0 aliphatic heterocycles. The molecule has 1 aliphatic carbocycles. The van der Waals surface area contributed by atoms with Crippen molar-refractivity contribution >= 4 is 33.2 Å². The van der Waals surface area contributed by atoms with Gasteiger partial charge in [-0.05, 0) is 56.4 Å². The van der Waals surface area contributed by atoms with Gasteiger partial charge >= 0.3 is 10.2 Å². The zero-order valence-electron chi connectivity index (χ0n) is 17.1. The predicted octanol–water partition coefficient (Wildman–Crippen LogP) is 1.75. The van der Waals surface area contributed by atoms with Gasteiger partial charge in [0, 0.05) is 43.0 Å². The van der Waals surface area contributed by atoms with Gasteiger partial charge in [-0.2, -0.15) is 18.2 Å². The zero-order chi connectivity index (χ0) is 21.5. The van der Waals surface area contributed by atoms with Crippen molar-refractivity contribution in [1.29, 1.82) is 0 Å². The summed E-state index contributed by atoms with van der Waals surface area (Å²) in [5, 5.41) is 5.49. The molecule has 9 nitrogen and oxygen atoms in total. The summed E-state index contributed by atoms with van der Waals surface area (Å²) < 4.78 is 32.0. The molecular formula is C20H24N6O3S. The van der Waals surface area contributed by atoms with Crippen molar-refractivity contribution in [2.75, 3.05) is 6.54 Å². The molecule has 0 bridgehead atoms. The van der Waals surface area contributed by atoms with E-state index in [-0.39, 0.29) is 0 Å². The molecule has 4 rings (SSSR count). The van der Waals surface area contributed by atoms with Crippen LogP contribution in [0.2, 0.25) is 0 Å². The third kappa shape index (κ3) is 4.14. The van der Waals surface area contributed by atoms with Crippen molar-refractivity contribution in [1.82, 2.24) is 28.8 Å². The lowest BCUT2D eigenvalue weighted by atomic mass is 10.2. The first-order chi connectivity index (χ1) is 14.2. The van der Waals surface area contributed by atoms with Crippen LogP contribution in [0.25, 0.3) is 22.9 Å². The molecule has 0 atom stereocenters. The fraction of sp³-hybridized carbons (Fsp3) is 0.350. The smallest absolute Gasteiger partial charge is 0.285 e. The molecule has 0 spiro atoms. The maximum atomic E-state index is 12.2. The van der Waals surface area contributed by atoms with Crippen molar-refractivity contribution in [3.05, 3.63) is 47.4 Å². The minimum Gasteiger partial charge on any atom is -0.285 e. The van der Waals surface area contributed by atoms with Gasteiger partial charge in [0.25, 0.3) is 5.91 Å². The summed E-state index contributed by atoms with van der Waals surface area (Å²) in [5.41, 5.74) is 3.27. The number of amides is 1. The molecule has 1 fully saturated rings. The second-order valence-corrected chi connectivity index (χ2v) is 9.10. The van der Waals surface area contributed by atoms with Crippen molar-refractivity contribution in [3.63, 3.8) is 0 Å². The van der Waals surface area contributed by atoms with Crippen LogP contribution in [0.15, 0.2) is 30.6 Å². The molecule has 1 amide bonds. The van der Waals surface area contributed by atoms with E-state index in [9.17, 15) is 13.2 Å². The number of nitrogens with zero attached hydrogens (tertiary/aromatic N) is 4. The summed E-state index contributed by atoms with van der Waals surface area (Å²) in [6.07, 6.45) is 8.51. The SMILES string of the molecule is Cc1nn(C)c(-n2cc(C)c3cccnc32)c1C=CC(=O)NS(=O)(=O)NCC1CC1. The molecule has 0 unspecified atom stereocenters. The van der Waals surface area contributed by atoms with E-state index < -0.39 is 16.1 Å². The number of pyridine rings is 1. The third-order valence-electron chi connectivity index (χ3n) is 5.12. The second-order valence-electron chi connectivity index (χ2n) is 7.60. The maximum Gasteiger partial charge on any atom is 0.301 e. The number of aromatic nitrogens is 4. The number of carbonyl (C=O) groups excluding carboxylic acids is 1. The Morgan fingerprint density at radius 2 is 2.10 bits per heavy atom. The highest BCUT2D eigenvalue weighted by atomic mass is 32.2. The fourth-order valence-corrected chi connectivity index (χ4v) is 4.30. The Kier molecular flexibility index (Phi) is 5.20. The summed E-state index contributed by atoms with van der Waals surface area (Å²) in [7, 11) is -2.05. The number of hydrogen-bond donors (Lipinski definition) is 2. The summed E-state index contributed by atoms with van der Waals surface area (Å²) in [4.78, 5) is 16.7. The Labute approximate surface area is 175 Å². The molecule has 0 saturated heterocycles. The lowest BCUT2D eigenvalue weighted by Gasteiger charge is -2.07. The van der Waals surface area contributed by atoms with E-state index in [1.165, 1.54) is 6.08 Å². The topological polar surface area (TPSA) is 111 Å². The quantitative estimate of drug-likeness (QED) is 0.557. The van der Waals surface area contributed by atoms with Crippen LogP contribution in [0.3, 0.4) is 0 Å². The Morgan fingerprint density at radius 3 is 2.83 bits per heavy atom. The maximum absolute atomic E-state index is 12.2. The number of aryl methyl sites for hydroxylation is 3. The number of rotatable bonds is 7. The van der Waals surface area contributed by atoms with Crippen molar-refractivity contribution < 1.29 is 13.2 Å². The first-order valence-electron chi connectivity index (χ1n) is 9.71. The monoisotopic (exact) mass is 428 g/mol. The van der Waals surface area contributed by atoms with Crippen LogP contribution >= 0.6 is 0 Å². The Hall–Kier alpha value is -2.98. The van der Waals surface area contributed by atoms with Gasteiger partial charge in [-0.1, -0.05) is 0 Å². The minimum absolute atomic E-state index is 0.352. The van der Waals surface area contributed by atoms with Crippen molar-refractivity contribution in [2.45, 2.75) is 26.7 Å². The molecule has 1 aliphatic rings. The van der Waals surface area contributed by atoms with Crippen molar-refractivity contribution in [3.8, 4) is 5.82 Å². The summed E-state index contributed by atoms with van der Waals surface area (Å²) in [6, 6.07) is 3.89. The summed E-state index contributed by atoms with van der Waals surface area (Å²) in [5.74, 6) is 0.392. The van der Waals surface area contributed by atoms with Gasteiger partial charge in [0.05, 0.1) is 5.69 Å². The largest absolute Gasteiger partial charge is 0.301 e. The Bertz CT molecular complexity index is 1250. The lowest BCUT2D eigenvalue weighted by Crippen LogP contribution is -2.40. The van der Waals surface area contributed by atoms with E-state index in [0.29, 0.717) is 23.7 Å². The van der Waals surface area contributed by atoms with Crippen LogP contribution in [-0.4, -0.2) is 40.2 Å². The van der Waals surface area contributed by atoms with Crippen LogP contribution in [0.5, 0.6) is 0 Å². The average molecular weight is 429 g/mol. The normalized spacial score (nSPS) is 14.6. The van der Waals surface area contributed by atoms with E-state index in [2.05, 4.69) is 14.8 Å². The first kappa shape index (κ1) is 20.3. The molecular weight excluding hydrogens is 404 g/mol. The van der Waals surface area contributed by atoms with Gasteiger partial charge in [-0.25, -0.2) is 9.71 Å². The number of hydrogen-bond acceptors (Lipinski definition) is 5. The molecule has 2 N–H and O–H groups in total. The highest BCUT2D eigenvalue weighted by Gasteiger charge is 2.24. The molecule has 0 radical (unpaired) electrons. The minimum atomic E-state index is -3.87. The van der Waals surface area contributed by atoms with Gasteiger partial charge in [0.2, 0.25) is 0 Å². The molecule has 3 aromatic rings. The van der Waals surface area contributed by atoms with Crippen LogP contribution in [-0.2, 0) is 22.1 Å². The van der Waals surface area contributed by atoms with Gasteiger partial charge in [-0.15, -0.1) is 0 Å². The molecule has 30 heavy (non-hydrogen) atoms. The number of carbonyl (C=O) groups is 1. The van der Waals surface area contributed by atoms with Gasteiger partial charge in [-0.3, -0.25) is 14.0 Å². The molecule has 10 heteroatoms. The Morgan fingerprint density at radius 1 is 1.33 bits per heavy atom. The predicted molar refractivity (Wildman–Crippen MR) is 114 cm³/mol. The van der Waals surface area contributed by atoms with E-state index in [0.717, 1.165) is 35.3 Å². The van der Waals surface area contributed by atoms with E-state index in [4.69, 9.17) is 0 Å². The molecule has 1 saturated carbocycles. The molecule has 0 aromatic carbocycles. The second kappa shape index (κ2) is 7.69. The molecule has 158 valence electrons. The number of nitrogens with one attached hydrogen (secondary N) is 2. The van der Waals surface area contributed by atoms with Crippen LogP contribution < -0.4 is 9.44 Å². The van der Waals surface area contributed by atoms with E-state index in [1.807, 2.05) is 48.5 Å². The van der Waals surface area contributed by atoms with E-state index in [1.54, 1.807) is 17.0 Å². The molecule has 3 aromatic heterocycles. The van der Waals surface area contributed by atoms with Gasteiger partial charge in [0.1, 0.15) is 11.5 Å². The lowest BCUT2D eigenvalue weighted by molar-refractivity contribution is -0.114. The summed E-state index contributed by atoms with van der Waals surface area (Å²) in [6.45, 7) is 4.19. The summed E-state index contributed by atoms with van der Waals surface area (Å²) >= 11 is 0. The highest BCUT2D eigenvalue weighted by molar-refractivity contribution is 7.88. The van der Waals surface area contributed by atoms with Crippen LogP contribution in [0.4, 0.5) is 0 Å². The van der Waals surface area contributed by atoms with E-state index >= 15 is 0 Å². The standard InChI is InChI=1S/C20H24N6O3S/c1-13-12-26(19-16(13)5-4-10-21-19)20-17(14(2)23-25(20)3)8-9-18(27)24-30(28,29)22-11-15-6-7-15/h4-5,8-10,12,15,22H,6-7,11H2,1-3H3,(H,24,27). The number of fused-ring (bicyclic) bond motifs is 1.